The van der Waals surface area contributed by atoms with Gasteiger partial charge < -0.3 is 17.2 Å². The van der Waals surface area contributed by atoms with E-state index in [0.29, 0.717) is 27.6 Å². The third-order valence-electron chi connectivity index (χ3n) is 2.35. The fourth-order valence-corrected chi connectivity index (χ4v) is 1.93. The van der Waals surface area contributed by atoms with Crippen LogP contribution in [0.25, 0.3) is 11.4 Å². The number of halogens is 1. The Hall–Kier alpha value is -1.41. The van der Waals surface area contributed by atoms with Gasteiger partial charge in [-0.05, 0) is 34.2 Å². The Morgan fingerprint density at radius 1 is 1.18 bits per heavy atom. The highest BCUT2D eigenvalue weighted by atomic mass is 127. The van der Waals surface area contributed by atoms with Crippen molar-refractivity contribution in [2.45, 2.75) is 6.54 Å². The van der Waals surface area contributed by atoms with Crippen molar-refractivity contribution in [1.82, 2.24) is 9.97 Å². The minimum atomic E-state index is 0.303. The molecule has 1 aromatic carbocycles. The molecule has 1 heterocycles. The van der Waals surface area contributed by atoms with Gasteiger partial charge in [-0.15, -0.1) is 0 Å². The lowest BCUT2D eigenvalue weighted by molar-refractivity contribution is 1.07. The van der Waals surface area contributed by atoms with Crippen molar-refractivity contribution in [2.75, 3.05) is 11.5 Å². The zero-order chi connectivity index (χ0) is 12.4. The molecule has 0 aliphatic heterocycles. The van der Waals surface area contributed by atoms with Crippen molar-refractivity contribution in [3.63, 3.8) is 0 Å². The zero-order valence-electron chi connectivity index (χ0n) is 9.02. The van der Waals surface area contributed by atoms with E-state index < -0.39 is 0 Å². The van der Waals surface area contributed by atoms with Crippen LogP contribution in [0, 0.1) is 3.70 Å². The predicted octanol–water partition coefficient (Wildman–Crippen LogP) is 1.37. The van der Waals surface area contributed by atoms with Crippen LogP contribution in [0.15, 0.2) is 24.3 Å². The predicted molar refractivity (Wildman–Crippen MR) is 76.9 cm³/mol. The summed E-state index contributed by atoms with van der Waals surface area (Å²) in [5.74, 6) is 0.869. The molecule has 0 radical (unpaired) electrons. The summed E-state index contributed by atoms with van der Waals surface area (Å²) in [4.78, 5) is 8.48. The lowest BCUT2D eigenvalue weighted by atomic mass is 10.1. The summed E-state index contributed by atoms with van der Waals surface area (Å²) < 4.78 is 0.656. The number of hydrogen-bond donors (Lipinski definition) is 3. The first kappa shape index (κ1) is 12.1. The van der Waals surface area contributed by atoms with Crippen LogP contribution in [-0.4, -0.2) is 9.97 Å². The maximum absolute atomic E-state index is 5.72. The van der Waals surface area contributed by atoms with Crippen LogP contribution < -0.4 is 17.2 Å². The van der Waals surface area contributed by atoms with E-state index >= 15 is 0 Å². The third kappa shape index (κ3) is 2.47. The van der Waals surface area contributed by atoms with Crippen molar-refractivity contribution < 1.29 is 0 Å². The van der Waals surface area contributed by atoms with E-state index in [-0.39, 0.29) is 0 Å². The molecule has 5 nitrogen and oxygen atoms in total. The van der Waals surface area contributed by atoms with Crippen molar-refractivity contribution in [1.29, 1.82) is 0 Å². The average Bonchev–Trinajstić information content (AvgIpc) is 2.35. The highest BCUT2D eigenvalue weighted by Gasteiger charge is 2.09. The normalized spacial score (nSPS) is 10.5. The largest absolute Gasteiger partial charge is 0.394 e. The number of benzene rings is 1. The minimum absolute atomic E-state index is 0.303. The quantitative estimate of drug-likeness (QED) is 0.565. The van der Waals surface area contributed by atoms with Crippen LogP contribution in [0.4, 0.5) is 11.5 Å². The van der Waals surface area contributed by atoms with E-state index in [0.717, 1.165) is 11.1 Å². The molecular formula is C11H12IN5. The Morgan fingerprint density at radius 2 is 1.94 bits per heavy atom. The monoisotopic (exact) mass is 341 g/mol. The van der Waals surface area contributed by atoms with Gasteiger partial charge in [0.1, 0.15) is 9.39 Å². The zero-order valence-corrected chi connectivity index (χ0v) is 11.2. The van der Waals surface area contributed by atoms with Crippen LogP contribution in [0.1, 0.15) is 5.56 Å². The second-order valence-corrected chi connectivity index (χ2v) is 4.56. The van der Waals surface area contributed by atoms with Crippen LogP contribution in [0.5, 0.6) is 0 Å². The number of aromatic nitrogens is 2. The molecule has 1 aromatic heterocycles. The Balaban J connectivity index is 2.52. The van der Waals surface area contributed by atoms with Gasteiger partial charge in [-0.25, -0.2) is 9.97 Å². The lowest BCUT2D eigenvalue weighted by Crippen LogP contribution is -2.05. The van der Waals surface area contributed by atoms with Gasteiger partial charge in [0.25, 0.3) is 0 Å². The summed E-state index contributed by atoms with van der Waals surface area (Å²) in [5, 5.41) is 0. The van der Waals surface area contributed by atoms with Crippen LogP contribution >= 0.6 is 22.6 Å². The first-order chi connectivity index (χ1) is 8.11. The van der Waals surface area contributed by atoms with Crippen molar-refractivity contribution in [2.24, 2.45) is 5.73 Å². The average molecular weight is 341 g/mol. The molecule has 6 N–H and O–H groups in total. The van der Waals surface area contributed by atoms with E-state index in [2.05, 4.69) is 9.97 Å². The molecule has 0 amide bonds. The van der Waals surface area contributed by atoms with Crippen molar-refractivity contribution in [3.8, 4) is 11.4 Å². The van der Waals surface area contributed by atoms with Gasteiger partial charge in [-0.3, -0.25) is 0 Å². The Bertz CT molecular complexity index is 532. The molecule has 0 fully saturated rings. The summed E-state index contributed by atoms with van der Waals surface area (Å²) in [6.07, 6.45) is 0. The van der Waals surface area contributed by atoms with Crippen LogP contribution in [-0.2, 0) is 6.54 Å². The smallest absolute Gasteiger partial charge is 0.162 e. The van der Waals surface area contributed by atoms with Gasteiger partial charge in [-0.1, -0.05) is 18.2 Å². The molecule has 0 unspecified atom stereocenters. The van der Waals surface area contributed by atoms with Gasteiger partial charge in [0, 0.05) is 12.1 Å². The highest BCUT2D eigenvalue weighted by Crippen LogP contribution is 2.23. The Kier molecular flexibility index (Phi) is 3.43. The SMILES string of the molecule is NCc1cccc(-c2nc(N)c(N)c(I)n2)c1. The molecule has 2 rings (SSSR count). The number of rotatable bonds is 2. The van der Waals surface area contributed by atoms with Crippen LogP contribution in [0.2, 0.25) is 0 Å². The molecule has 17 heavy (non-hydrogen) atoms. The molecular weight excluding hydrogens is 329 g/mol. The van der Waals surface area contributed by atoms with Gasteiger partial charge >= 0.3 is 0 Å². The number of hydrogen-bond acceptors (Lipinski definition) is 5. The van der Waals surface area contributed by atoms with E-state index in [1.807, 2.05) is 46.9 Å². The maximum Gasteiger partial charge on any atom is 0.162 e. The second-order valence-electron chi connectivity index (χ2n) is 3.54. The second kappa shape index (κ2) is 4.84. The number of nitrogens with two attached hydrogens (primary N) is 3. The standard InChI is InChI=1S/C11H12IN5/c12-9-8(14)10(15)17-11(16-9)7-3-1-2-6(4-7)5-13/h1-4H,5,13-14H2,(H2,15,16,17). The molecule has 0 aliphatic carbocycles. The summed E-state index contributed by atoms with van der Waals surface area (Å²) in [7, 11) is 0. The van der Waals surface area contributed by atoms with Gasteiger partial charge in [0.2, 0.25) is 0 Å². The Labute approximate surface area is 113 Å². The molecule has 0 saturated heterocycles. The van der Waals surface area contributed by atoms with E-state index in [9.17, 15) is 0 Å². The fraction of sp³-hybridized carbons (Fsp3) is 0.0909. The third-order valence-corrected chi connectivity index (χ3v) is 3.17. The molecule has 0 bridgehead atoms. The number of nitrogens with zero attached hydrogens (tertiary/aromatic N) is 2. The van der Waals surface area contributed by atoms with Gasteiger partial charge in [0.05, 0.1) is 0 Å². The first-order valence-corrected chi connectivity index (χ1v) is 6.07. The summed E-state index contributed by atoms with van der Waals surface area (Å²) in [6.45, 7) is 0.482. The lowest BCUT2D eigenvalue weighted by Gasteiger charge is -2.06. The van der Waals surface area contributed by atoms with E-state index in [4.69, 9.17) is 17.2 Å². The van der Waals surface area contributed by atoms with Gasteiger partial charge in [0.15, 0.2) is 11.6 Å². The Morgan fingerprint density at radius 3 is 2.59 bits per heavy atom. The first-order valence-electron chi connectivity index (χ1n) is 4.99. The molecule has 0 saturated carbocycles. The molecule has 0 aliphatic rings. The number of nitrogen functional groups attached to an aromatic ring is 2. The van der Waals surface area contributed by atoms with Crippen molar-refractivity contribution >= 4 is 34.1 Å². The maximum atomic E-state index is 5.72. The van der Waals surface area contributed by atoms with E-state index in [1.54, 1.807) is 0 Å². The fourth-order valence-electron chi connectivity index (χ4n) is 1.42. The summed E-state index contributed by atoms with van der Waals surface area (Å²) in [6, 6.07) is 7.73. The summed E-state index contributed by atoms with van der Waals surface area (Å²) in [5.41, 5.74) is 19.4. The highest BCUT2D eigenvalue weighted by molar-refractivity contribution is 14.1. The topological polar surface area (TPSA) is 104 Å². The molecule has 88 valence electrons. The molecule has 0 atom stereocenters. The van der Waals surface area contributed by atoms with Crippen LogP contribution in [0.3, 0.4) is 0 Å². The van der Waals surface area contributed by atoms with Crippen molar-refractivity contribution in [3.05, 3.63) is 33.5 Å². The van der Waals surface area contributed by atoms with E-state index in [1.165, 1.54) is 0 Å². The molecule has 6 heteroatoms. The molecule has 0 spiro atoms. The minimum Gasteiger partial charge on any atom is -0.394 e. The van der Waals surface area contributed by atoms with Gasteiger partial charge in [-0.2, -0.15) is 0 Å². The number of anilines is 2. The molecule has 2 aromatic rings. The summed E-state index contributed by atoms with van der Waals surface area (Å²) >= 11 is 2.04.